The Labute approximate surface area is 115 Å². The summed E-state index contributed by atoms with van der Waals surface area (Å²) in [6.45, 7) is 3.51. The SMILES string of the molecule is COC(=O)c1c(C)[nH]c(C(=O)O[C@H]2CCOC2=O)c1C. The first-order valence-corrected chi connectivity index (χ1v) is 6.10. The molecule has 0 bridgehead atoms. The highest BCUT2D eigenvalue weighted by Crippen LogP contribution is 2.21. The van der Waals surface area contributed by atoms with E-state index in [-0.39, 0.29) is 12.3 Å². The maximum Gasteiger partial charge on any atom is 0.355 e. The third-order valence-electron chi connectivity index (χ3n) is 3.17. The molecule has 108 valence electrons. The minimum Gasteiger partial charge on any atom is -0.465 e. The van der Waals surface area contributed by atoms with Crippen LogP contribution in [0.5, 0.6) is 0 Å². The topological polar surface area (TPSA) is 94.7 Å². The molecule has 0 spiro atoms. The number of rotatable bonds is 3. The largest absolute Gasteiger partial charge is 0.465 e. The molecule has 2 heterocycles. The second kappa shape index (κ2) is 5.36. The zero-order valence-electron chi connectivity index (χ0n) is 11.4. The van der Waals surface area contributed by atoms with Crippen LogP contribution in [0.1, 0.15) is 38.5 Å². The first kappa shape index (κ1) is 14.1. The van der Waals surface area contributed by atoms with Crippen LogP contribution in [0, 0.1) is 13.8 Å². The fourth-order valence-corrected chi connectivity index (χ4v) is 2.13. The van der Waals surface area contributed by atoms with E-state index in [0.717, 1.165) is 0 Å². The Morgan fingerprint density at radius 2 is 2.00 bits per heavy atom. The molecular weight excluding hydrogens is 266 g/mol. The molecule has 20 heavy (non-hydrogen) atoms. The van der Waals surface area contributed by atoms with Gasteiger partial charge in [0.25, 0.3) is 0 Å². The van der Waals surface area contributed by atoms with Gasteiger partial charge in [-0.25, -0.2) is 14.4 Å². The number of methoxy groups -OCH3 is 1. The lowest BCUT2D eigenvalue weighted by Crippen LogP contribution is -2.23. The number of nitrogens with one attached hydrogen (secondary N) is 1. The van der Waals surface area contributed by atoms with Crippen molar-refractivity contribution in [2.45, 2.75) is 26.4 Å². The Balaban J connectivity index is 2.22. The Kier molecular flexibility index (Phi) is 3.78. The van der Waals surface area contributed by atoms with Crippen molar-refractivity contribution in [2.24, 2.45) is 0 Å². The van der Waals surface area contributed by atoms with Crippen LogP contribution in [0.3, 0.4) is 0 Å². The lowest BCUT2D eigenvalue weighted by atomic mass is 10.1. The molecule has 1 fully saturated rings. The maximum absolute atomic E-state index is 12.0. The second-order valence-electron chi connectivity index (χ2n) is 4.47. The molecule has 1 saturated heterocycles. The van der Waals surface area contributed by atoms with E-state index in [2.05, 4.69) is 9.72 Å². The molecule has 7 nitrogen and oxygen atoms in total. The van der Waals surface area contributed by atoms with Crippen molar-refractivity contribution >= 4 is 17.9 Å². The predicted molar refractivity (Wildman–Crippen MR) is 66.4 cm³/mol. The van der Waals surface area contributed by atoms with E-state index < -0.39 is 24.0 Å². The molecule has 1 aromatic rings. The molecular formula is C13H15NO6. The van der Waals surface area contributed by atoms with E-state index in [1.165, 1.54) is 7.11 Å². The molecule has 7 heteroatoms. The molecule has 1 aliphatic rings. The van der Waals surface area contributed by atoms with E-state index in [1.807, 2.05) is 0 Å². The smallest absolute Gasteiger partial charge is 0.355 e. The number of ether oxygens (including phenoxy) is 3. The molecule has 0 unspecified atom stereocenters. The van der Waals surface area contributed by atoms with E-state index in [1.54, 1.807) is 13.8 Å². The number of esters is 3. The minimum atomic E-state index is -0.882. The van der Waals surface area contributed by atoms with Gasteiger partial charge in [-0.1, -0.05) is 0 Å². The third-order valence-corrected chi connectivity index (χ3v) is 3.17. The molecule has 1 N–H and O–H groups in total. The number of H-pyrrole nitrogens is 1. The van der Waals surface area contributed by atoms with Crippen molar-refractivity contribution in [2.75, 3.05) is 13.7 Å². The lowest BCUT2D eigenvalue weighted by Gasteiger charge is -2.07. The van der Waals surface area contributed by atoms with Gasteiger partial charge in [0.1, 0.15) is 5.69 Å². The van der Waals surface area contributed by atoms with Gasteiger partial charge in [-0.15, -0.1) is 0 Å². The number of aromatic nitrogens is 1. The normalized spacial score (nSPS) is 17.8. The number of carbonyl (C=O) groups excluding carboxylic acids is 3. The first-order chi connectivity index (χ1) is 9.45. The van der Waals surface area contributed by atoms with Crippen molar-refractivity contribution in [3.05, 3.63) is 22.5 Å². The van der Waals surface area contributed by atoms with Gasteiger partial charge < -0.3 is 19.2 Å². The second-order valence-corrected chi connectivity index (χ2v) is 4.47. The molecule has 0 saturated carbocycles. The third kappa shape index (κ3) is 2.38. The van der Waals surface area contributed by atoms with Crippen LogP contribution < -0.4 is 0 Å². The van der Waals surface area contributed by atoms with Crippen molar-refractivity contribution in [3.63, 3.8) is 0 Å². The summed E-state index contributed by atoms with van der Waals surface area (Å²) in [5, 5.41) is 0. The number of cyclic esters (lactones) is 1. The van der Waals surface area contributed by atoms with Crippen molar-refractivity contribution < 1.29 is 28.6 Å². The number of hydrogen-bond acceptors (Lipinski definition) is 6. The van der Waals surface area contributed by atoms with E-state index in [9.17, 15) is 14.4 Å². The Morgan fingerprint density at radius 3 is 2.55 bits per heavy atom. The van der Waals surface area contributed by atoms with Crippen LogP contribution in [0.25, 0.3) is 0 Å². The van der Waals surface area contributed by atoms with Crippen LogP contribution in [0.15, 0.2) is 0 Å². The lowest BCUT2D eigenvalue weighted by molar-refractivity contribution is -0.145. The Bertz CT molecular complexity index is 574. The summed E-state index contributed by atoms with van der Waals surface area (Å²) in [7, 11) is 1.26. The van der Waals surface area contributed by atoms with Gasteiger partial charge >= 0.3 is 17.9 Å². The summed E-state index contributed by atoms with van der Waals surface area (Å²) in [5.74, 6) is -1.77. The summed E-state index contributed by atoms with van der Waals surface area (Å²) in [4.78, 5) is 37.7. The summed E-state index contributed by atoms with van der Waals surface area (Å²) >= 11 is 0. The van der Waals surface area contributed by atoms with Crippen molar-refractivity contribution in [1.82, 2.24) is 4.98 Å². The molecule has 0 radical (unpaired) electrons. The number of aromatic amines is 1. The van der Waals surface area contributed by atoms with E-state index in [0.29, 0.717) is 23.2 Å². The molecule has 1 aliphatic heterocycles. The minimum absolute atomic E-state index is 0.141. The van der Waals surface area contributed by atoms with Gasteiger partial charge in [0.15, 0.2) is 0 Å². The van der Waals surface area contributed by atoms with Gasteiger partial charge in [-0.2, -0.15) is 0 Å². The summed E-state index contributed by atoms with van der Waals surface area (Å²) in [5.41, 5.74) is 1.39. The summed E-state index contributed by atoms with van der Waals surface area (Å²) in [6, 6.07) is 0. The number of aryl methyl sites for hydroxylation is 1. The molecule has 0 aromatic carbocycles. The molecule has 1 atom stereocenters. The Morgan fingerprint density at radius 1 is 1.30 bits per heavy atom. The van der Waals surface area contributed by atoms with Crippen molar-refractivity contribution in [1.29, 1.82) is 0 Å². The van der Waals surface area contributed by atoms with Gasteiger partial charge in [0, 0.05) is 12.1 Å². The highest BCUT2D eigenvalue weighted by molar-refractivity contribution is 5.99. The maximum atomic E-state index is 12.0. The Hall–Kier alpha value is -2.31. The van der Waals surface area contributed by atoms with E-state index >= 15 is 0 Å². The monoisotopic (exact) mass is 281 g/mol. The molecule has 2 rings (SSSR count). The predicted octanol–water partition coefficient (Wildman–Crippen LogP) is 0.890. The van der Waals surface area contributed by atoms with Gasteiger partial charge in [0.2, 0.25) is 6.10 Å². The van der Waals surface area contributed by atoms with E-state index in [4.69, 9.17) is 9.47 Å². The average molecular weight is 281 g/mol. The number of carbonyl (C=O) groups is 3. The quantitative estimate of drug-likeness (QED) is 0.653. The zero-order chi connectivity index (χ0) is 14.9. The standard InChI is InChI=1S/C13H15NO6/c1-6-9(12(16)18-3)7(2)14-10(6)13(17)20-8-4-5-19-11(8)15/h8,14H,4-5H2,1-3H3/t8-/m0/s1. The van der Waals surface area contributed by atoms with Crippen LogP contribution in [0.2, 0.25) is 0 Å². The first-order valence-electron chi connectivity index (χ1n) is 6.10. The zero-order valence-corrected chi connectivity index (χ0v) is 11.4. The molecule has 0 aliphatic carbocycles. The molecule has 0 amide bonds. The summed E-state index contributed by atoms with van der Waals surface area (Å²) in [6.07, 6.45) is -0.542. The molecule has 1 aromatic heterocycles. The fourth-order valence-electron chi connectivity index (χ4n) is 2.13. The van der Waals surface area contributed by atoms with Crippen LogP contribution in [-0.4, -0.2) is 42.7 Å². The van der Waals surface area contributed by atoms with Crippen molar-refractivity contribution in [3.8, 4) is 0 Å². The van der Waals surface area contributed by atoms with Crippen LogP contribution >= 0.6 is 0 Å². The summed E-state index contributed by atoms with van der Waals surface area (Å²) < 4.78 is 14.4. The van der Waals surface area contributed by atoms with Crippen LogP contribution in [-0.2, 0) is 19.0 Å². The van der Waals surface area contributed by atoms with Crippen LogP contribution in [0.4, 0.5) is 0 Å². The number of hydrogen-bond donors (Lipinski definition) is 1. The van der Waals surface area contributed by atoms with Gasteiger partial charge in [-0.3, -0.25) is 0 Å². The van der Waals surface area contributed by atoms with Gasteiger partial charge in [-0.05, 0) is 19.4 Å². The highest BCUT2D eigenvalue weighted by atomic mass is 16.6. The average Bonchev–Trinajstić information content (AvgIpc) is 2.93. The highest BCUT2D eigenvalue weighted by Gasteiger charge is 2.32. The van der Waals surface area contributed by atoms with Gasteiger partial charge in [0.05, 0.1) is 19.3 Å². The fraction of sp³-hybridized carbons (Fsp3) is 0.462.